The minimum absolute atomic E-state index is 0.0422. The van der Waals surface area contributed by atoms with Crippen LogP contribution in [0.2, 0.25) is 0 Å². The topological polar surface area (TPSA) is 35.2 Å². The number of para-hydroxylation sites is 1. The highest BCUT2D eigenvalue weighted by molar-refractivity contribution is 5.38. The molecule has 116 valence electrons. The molecule has 1 aliphatic heterocycles. The lowest BCUT2D eigenvalue weighted by Gasteiger charge is -2.41. The van der Waals surface area contributed by atoms with Crippen molar-refractivity contribution in [3.8, 4) is 5.75 Å². The van der Waals surface area contributed by atoms with Crippen LogP contribution in [0.5, 0.6) is 5.75 Å². The molecular formula is C19H29NO. The summed E-state index contributed by atoms with van der Waals surface area (Å²) in [5.74, 6) is 3.34. The van der Waals surface area contributed by atoms with E-state index in [1.54, 1.807) is 0 Å². The first-order valence-corrected chi connectivity index (χ1v) is 8.58. The van der Waals surface area contributed by atoms with E-state index in [1.807, 2.05) is 0 Å². The zero-order valence-corrected chi connectivity index (χ0v) is 13.5. The highest BCUT2D eigenvalue weighted by atomic mass is 16.5. The van der Waals surface area contributed by atoms with Gasteiger partial charge in [-0.1, -0.05) is 32.0 Å². The third-order valence-electron chi connectivity index (χ3n) is 5.70. The molecule has 1 aromatic carbocycles. The lowest BCUT2D eigenvalue weighted by molar-refractivity contribution is 0.167. The van der Waals surface area contributed by atoms with Gasteiger partial charge in [-0.15, -0.1) is 0 Å². The fraction of sp³-hybridized carbons (Fsp3) is 0.684. The summed E-state index contributed by atoms with van der Waals surface area (Å²) in [5.41, 5.74) is 8.19. The second-order valence-electron chi connectivity index (χ2n) is 7.52. The molecule has 3 rings (SSSR count). The van der Waals surface area contributed by atoms with Crippen LogP contribution in [0.1, 0.15) is 63.9 Å². The molecule has 0 radical (unpaired) electrons. The summed E-state index contributed by atoms with van der Waals surface area (Å²) in [5, 5.41) is 0. The van der Waals surface area contributed by atoms with Crippen molar-refractivity contribution in [3.63, 3.8) is 0 Å². The quantitative estimate of drug-likeness (QED) is 0.889. The monoisotopic (exact) mass is 287 g/mol. The SMILES string of the molecule is CC(C)C1CCC(N)(CC2CCOc3ccccc32)CC1. The fourth-order valence-corrected chi connectivity index (χ4v) is 4.20. The number of benzene rings is 1. The second kappa shape index (κ2) is 6.00. The largest absolute Gasteiger partial charge is 0.493 e. The van der Waals surface area contributed by atoms with Gasteiger partial charge in [-0.2, -0.15) is 0 Å². The number of nitrogens with two attached hydrogens (primary N) is 1. The van der Waals surface area contributed by atoms with Crippen LogP contribution in [-0.2, 0) is 0 Å². The van der Waals surface area contributed by atoms with Gasteiger partial charge in [0.15, 0.2) is 0 Å². The fourth-order valence-electron chi connectivity index (χ4n) is 4.20. The Balaban J connectivity index is 1.67. The van der Waals surface area contributed by atoms with Crippen LogP contribution in [0.25, 0.3) is 0 Å². The zero-order valence-electron chi connectivity index (χ0n) is 13.5. The third kappa shape index (κ3) is 3.26. The molecule has 0 saturated heterocycles. The third-order valence-corrected chi connectivity index (χ3v) is 5.70. The number of rotatable bonds is 3. The molecule has 0 spiro atoms. The molecule has 2 nitrogen and oxygen atoms in total. The van der Waals surface area contributed by atoms with E-state index in [4.69, 9.17) is 10.5 Å². The summed E-state index contributed by atoms with van der Waals surface area (Å²) >= 11 is 0. The average molecular weight is 287 g/mol. The Kier molecular flexibility index (Phi) is 4.26. The Bertz CT molecular complexity index is 474. The zero-order chi connectivity index (χ0) is 14.9. The van der Waals surface area contributed by atoms with Crippen LogP contribution in [0.15, 0.2) is 24.3 Å². The van der Waals surface area contributed by atoms with E-state index in [2.05, 4.69) is 38.1 Å². The van der Waals surface area contributed by atoms with Crippen molar-refractivity contribution in [3.05, 3.63) is 29.8 Å². The van der Waals surface area contributed by atoms with Gasteiger partial charge >= 0.3 is 0 Å². The molecule has 0 amide bonds. The molecule has 2 aliphatic rings. The van der Waals surface area contributed by atoms with Gasteiger partial charge in [0.2, 0.25) is 0 Å². The standard InChI is InChI=1S/C19H29NO/c1-14(2)15-7-10-19(20,11-8-15)13-16-9-12-21-18-6-4-3-5-17(16)18/h3-6,14-16H,7-13,20H2,1-2H3. The van der Waals surface area contributed by atoms with Crippen molar-refractivity contribution < 1.29 is 4.74 Å². The Morgan fingerprint density at radius 1 is 1.19 bits per heavy atom. The highest BCUT2D eigenvalue weighted by Gasteiger charge is 2.36. The van der Waals surface area contributed by atoms with E-state index in [-0.39, 0.29) is 5.54 Å². The summed E-state index contributed by atoms with van der Waals surface area (Å²) in [4.78, 5) is 0. The normalized spacial score (nSPS) is 32.6. The van der Waals surface area contributed by atoms with Crippen molar-refractivity contribution >= 4 is 0 Å². The van der Waals surface area contributed by atoms with Crippen LogP contribution in [-0.4, -0.2) is 12.1 Å². The minimum atomic E-state index is 0.0422. The molecule has 2 N–H and O–H groups in total. The Hall–Kier alpha value is -1.02. The van der Waals surface area contributed by atoms with Crippen molar-refractivity contribution in [2.75, 3.05) is 6.61 Å². The van der Waals surface area contributed by atoms with Crippen LogP contribution in [0, 0.1) is 11.8 Å². The van der Waals surface area contributed by atoms with E-state index in [1.165, 1.54) is 31.2 Å². The van der Waals surface area contributed by atoms with Crippen LogP contribution >= 0.6 is 0 Å². The maximum atomic E-state index is 6.77. The maximum absolute atomic E-state index is 6.77. The summed E-state index contributed by atoms with van der Waals surface area (Å²) in [6.07, 6.45) is 7.23. The van der Waals surface area contributed by atoms with E-state index < -0.39 is 0 Å². The number of ether oxygens (including phenoxy) is 1. The second-order valence-corrected chi connectivity index (χ2v) is 7.52. The molecule has 0 aromatic heterocycles. The first-order chi connectivity index (χ1) is 10.1. The lowest BCUT2D eigenvalue weighted by Crippen LogP contribution is -2.45. The molecule has 1 fully saturated rings. The Morgan fingerprint density at radius 2 is 1.90 bits per heavy atom. The van der Waals surface area contributed by atoms with Gasteiger partial charge in [-0.05, 0) is 67.9 Å². The molecular weight excluding hydrogens is 258 g/mol. The molecule has 21 heavy (non-hydrogen) atoms. The van der Waals surface area contributed by atoms with Crippen LogP contribution < -0.4 is 10.5 Å². The van der Waals surface area contributed by atoms with Crippen molar-refractivity contribution in [2.45, 2.75) is 63.8 Å². The summed E-state index contributed by atoms with van der Waals surface area (Å²) in [6.45, 7) is 5.54. The predicted octanol–water partition coefficient (Wildman–Crippen LogP) is 4.49. The van der Waals surface area contributed by atoms with E-state index >= 15 is 0 Å². The summed E-state index contributed by atoms with van der Waals surface area (Å²) in [7, 11) is 0. The molecule has 0 bridgehead atoms. The van der Waals surface area contributed by atoms with Gasteiger partial charge in [-0.25, -0.2) is 0 Å². The Morgan fingerprint density at radius 3 is 2.62 bits per heavy atom. The smallest absolute Gasteiger partial charge is 0.122 e. The van der Waals surface area contributed by atoms with Gasteiger partial charge in [0.25, 0.3) is 0 Å². The van der Waals surface area contributed by atoms with Gasteiger partial charge in [0.1, 0.15) is 5.75 Å². The summed E-state index contributed by atoms with van der Waals surface area (Å²) < 4.78 is 5.78. The van der Waals surface area contributed by atoms with E-state index in [9.17, 15) is 0 Å². The van der Waals surface area contributed by atoms with Gasteiger partial charge < -0.3 is 10.5 Å². The van der Waals surface area contributed by atoms with E-state index in [0.29, 0.717) is 5.92 Å². The maximum Gasteiger partial charge on any atom is 0.122 e. The predicted molar refractivity (Wildman–Crippen MR) is 87.6 cm³/mol. The van der Waals surface area contributed by atoms with E-state index in [0.717, 1.165) is 37.0 Å². The molecule has 1 saturated carbocycles. The van der Waals surface area contributed by atoms with Crippen LogP contribution in [0.4, 0.5) is 0 Å². The number of hydrogen-bond donors (Lipinski definition) is 1. The number of fused-ring (bicyclic) bond motifs is 1. The molecule has 1 heterocycles. The van der Waals surface area contributed by atoms with Crippen molar-refractivity contribution in [2.24, 2.45) is 17.6 Å². The molecule has 1 aliphatic carbocycles. The molecule has 1 atom stereocenters. The highest BCUT2D eigenvalue weighted by Crippen LogP contribution is 2.43. The Labute approximate surface area is 129 Å². The number of hydrogen-bond acceptors (Lipinski definition) is 2. The van der Waals surface area contributed by atoms with Crippen molar-refractivity contribution in [1.82, 2.24) is 0 Å². The minimum Gasteiger partial charge on any atom is -0.493 e. The van der Waals surface area contributed by atoms with Gasteiger partial charge in [0, 0.05) is 5.54 Å². The van der Waals surface area contributed by atoms with Crippen LogP contribution in [0.3, 0.4) is 0 Å². The average Bonchev–Trinajstić information content (AvgIpc) is 2.48. The molecule has 2 heteroatoms. The van der Waals surface area contributed by atoms with Gasteiger partial charge in [0.05, 0.1) is 6.61 Å². The summed E-state index contributed by atoms with van der Waals surface area (Å²) in [6, 6.07) is 8.51. The van der Waals surface area contributed by atoms with Gasteiger partial charge in [-0.3, -0.25) is 0 Å². The first kappa shape index (κ1) is 14.9. The lowest BCUT2D eigenvalue weighted by atomic mass is 9.69. The van der Waals surface area contributed by atoms with Crippen molar-refractivity contribution in [1.29, 1.82) is 0 Å². The molecule has 1 unspecified atom stereocenters. The first-order valence-electron chi connectivity index (χ1n) is 8.58. The molecule has 1 aromatic rings.